The Bertz CT molecular complexity index is 877. The maximum atomic E-state index is 12.6. The molecule has 25 heavy (non-hydrogen) atoms. The van der Waals surface area contributed by atoms with Gasteiger partial charge >= 0.3 is 0 Å². The summed E-state index contributed by atoms with van der Waals surface area (Å²) < 4.78 is 5.33. The molecule has 0 radical (unpaired) electrons. The van der Waals surface area contributed by atoms with Gasteiger partial charge in [0, 0.05) is 22.5 Å². The van der Waals surface area contributed by atoms with Crippen LogP contribution in [-0.4, -0.2) is 22.8 Å². The van der Waals surface area contributed by atoms with Gasteiger partial charge in [-0.2, -0.15) is 0 Å². The Hall–Kier alpha value is -1.82. The van der Waals surface area contributed by atoms with Crippen molar-refractivity contribution in [1.29, 1.82) is 0 Å². The van der Waals surface area contributed by atoms with E-state index in [1.165, 1.54) is 11.3 Å². The number of halogens is 2. The predicted octanol–water partition coefficient (Wildman–Crippen LogP) is 5.47. The fourth-order valence-electron chi connectivity index (χ4n) is 2.45. The second-order valence-electron chi connectivity index (χ2n) is 5.64. The normalized spacial score (nSPS) is 12.2. The summed E-state index contributed by atoms with van der Waals surface area (Å²) in [5.74, 6) is 0.674. The van der Waals surface area contributed by atoms with Crippen LogP contribution in [0.3, 0.4) is 0 Å². The highest BCUT2D eigenvalue weighted by Crippen LogP contribution is 2.30. The molecular formula is C18H16Cl2N2O2S. The molecule has 1 atom stereocenters. The number of carbonyl (C=O) groups is 1. The lowest BCUT2D eigenvalue weighted by atomic mass is 10.1. The Morgan fingerprint density at radius 2 is 2.16 bits per heavy atom. The smallest absolute Gasteiger partial charge is 0.228 e. The van der Waals surface area contributed by atoms with E-state index in [0.717, 1.165) is 16.3 Å². The molecule has 7 heteroatoms. The van der Waals surface area contributed by atoms with Crippen LogP contribution in [-0.2, 0) is 11.2 Å². The zero-order chi connectivity index (χ0) is 18.0. The number of aromatic nitrogens is 1. The molecule has 1 amide bonds. The quantitative estimate of drug-likeness (QED) is 0.575. The lowest BCUT2D eigenvalue weighted by Gasteiger charge is -2.26. The first kappa shape index (κ1) is 18.0. The molecule has 2 heterocycles. The van der Waals surface area contributed by atoms with E-state index in [4.69, 9.17) is 27.6 Å². The van der Waals surface area contributed by atoms with Crippen molar-refractivity contribution >= 4 is 40.4 Å². The number of hydrogen-bond acceptors (Lipinski definition) is 4. The summed E-state index contributed by atoms with van der Waals surface area (Å²) in [6, 6.07) is 8.79. The lowest BCUT2D eigenvalue weighted by Crippen LogP contribution is -2.31. The largest absolute Gasteiger partial charge is 0.462 e. The molecule has 0 aliphatic heterocycles. The molecule has 1 aromatic carbocycles. The molecule has 1 unspecified atom stereocenters. The molecule has 0 aliphatic rings. The molecule has 130 valence electrons. The van der Waals surface area contributed by atoms with Crippen molar-refractivity contribution in [3.8, 4) is 10.8 Å². The van der Waals surface area contributed by atoms with Gasteiger partial charge in [-0.15, -0.1) is 11.3 Å². The van der Waals surface area contributed by atoms with Crippen molar-refractivity contribution in [2.24, 2.45) is 0 Å². The number of amides is 1. The van der Waals surface area contributed by atoms with Crippen molar-refractivity contribution < 1.29 is 9.21 Å². The molecule has 3 aromatic rings. The summed E-state index contributed by atoms with van der Waals surface area (Å²) in [5, 5.41) is 3.77. The Morgan fingerprint density at radius 1 is 1.36 bits per heavy atom. The highest BCUT2D eigenvalue weighted by Gasteiger charge is 2.21. The Kier molecular flexibility index (Phi) is 5.47. The summed E-state index contributed by atoms with van der Waals surface area (Å²) >= 11 is 13.6. The number of nitrogens with zero attached hydrogens (tertiary/aromatic N) is 2. The minimum Gasteiger partial charge on any atom is -0.462 e. The van der Waals surface area contributed by atoms with Gasteiger partial charge in [0.1, 0.15) is 0 Å². The van der Waals surface area contributed by atoms with Gasteiger partial charge in [-0.05, 0) is 36.8 Å². The first-order chi connectivity index (χ1) is 12.0. The number of thiazole rings is 1. The summed E-state index contributed by atoms with van der Waals surface area (Å²) in [5.41, 5.74) is 1.58. The average molecular weight is 395 g/mol. The number of hydrogen-bond donors (Lipinski definition) is 0. The Labute approximate surface area is 160 Å². The Morgan fingerprint density at radius 3 is 2.84 bits per heavy atom. The van der Waals surface area contributed by atoms with E-state index in [9.17, 15) is 4.79 Å². The minimum atomic E-state index is -0.166. The summed E-state index contributed by atoms with van der Waals surface area (Å²) in [6.07, 6.45) is 1.83. The van der Waals surface area contributed by atoms with E-state index in [-0.39, 0.29) is 18.4 Å². The maximum absolute atomic E-state index is 12.6. The summed E-state index contributed by atoms with van der Waals surface area (Å²) in [7, 11) is 1.76. The third kappa shape index (κ3) is 4.06. The molecule has 0 aliphatic carbocycles. The van der Waals surface area contributed by atoms with Crippen LogP contribution < -0.4 is 0 Å². The molecule has 4 nitrogen and oxygen atoms in total. The van der Waals surface area contributed by atoms with Crippen molar-refractivity contribution in [1.82, 2.24) is 9.88 Å². The molecule has 2 aromatic heterocycles. The van der Waals surface area contributed by atoms with E-state index in [0.29, 0.717) is 15.8 Å². The first-order valence-corrected chi connectivity index (χ1v) is 9.28. The monoisotopic (exact) mass is 394 g/mol. The zero-order valence-electron chi connectivity index (χ0n) is 13.7. The van der Waals surface area contributed by atoms with Crippen molar-refractivity contribution in [3.63, 3.8) is 0 Å². The van der Waals surface area contributed by atoms with Crippen LogP contribution in [0.4, 0.5) is 0 Å². The average Bonchev–Trinajstić information content (AvgIpc) is 3.24. The molecular weight excluding hydrogens is 379 g/mol. The van der Waals surface area contributed by atoms with E-state index in [2.05, 4.69) is 4.98 Å². The van der Waals surface area contributed by atoms with Gasteiger partial charge in [-0.25, -0.2) is 4.98 Å². The number of furan rings is 1. The van der Waals surface area contributed by atoms with Crippen LogP contribution in [0, 0.1) is 0 Å². The summed E-state index contributed by atoms with van der Waals surface area (Å²) in [6.45, 7) is 1.93. The zero-order valence-corrected chi connectivity index (χ0v) is 16.0. The molecule has 0 N–H and O–H groups in total. The number of benzene rings is 1. The van der Waals surface area contributed by atoms with Crippen LogP contribution in [0.1, 0.15) is 24.2 Å². The standard InChI is InChI=1S/C18H16Cl2N2O2S/c1-11(14-6-5-12(19)8-15(14)20)22(2)17(23)9-13-10-25-18(21-13)16-4-3-7-24-16/h3-8,10-11H,9H2,1-2H3. The fourth-order valence-corrected chi connectivity index (χ4v) is 3.80. The summed E-state index contributed by atoms with van der Waals surface area (Å²) in [4.78, 5) is 18.7. The molecule has 0 saturated carbocycles. The molecule has 0 saturated heterocycles. The van der Waals surface area contributed by atoms with Gasteiger partial charge in [0.25, 0.3) is 0 Å². The van der Waals surface area contributed by atoms with Crippen LogP contribution in [0.25, 0.3) is 10.8 Å². The van der Waals surface area contributed by atoms with Crippen molar-refractivity contribution in [2.45, 2.75) is 19.4 Å². The third-order valence-electron chi connectivity index (χ3n) is 4.00. The van der Waals surface area contributed by atoms with Gasteiger partial charge in [0.05, 0.1) is 24.4 Å². The van der Waals surface area contributed by atoms with Crippen LogP contribution in [0.15, 0.2) is 46.4 Å². The SMILES string of the molecule is CC(c1ccc(Cl)cc1Cl)N(C)C(=O)Cc1csc(-c2ccco2)n1. The Balaban J connectivity index is 1.70. The molecule has 3 rings (SSSR count). The van der Waals surface area contributed by atoms with Crippen LogP contribution >= 0.6 is 34.5 Å². The number of likely N-dealkylation sites (N-methyl/N-ethyl adjacent to an activating group) is 1. The van der Waals surface area contributed by atoms with Gasteiger partial charge in [0.2, 0.25) is 5.91 Å². The van der Waals surface area contributed by atoms with Crippen LogP contribution in [0.5, 0.6) is 0 Å². The van der Waals surface area contributed by atoms with Crippen LogP contribution in [0.2, 0.25) is 10.0 Å². The van der Waals surface area contributed by atoms with E-state index < -0.39 is 0 Å². The minimum absolute atomic E-state index is 0.0326. The second-order valence-corrected chi connectivity index (χ2v) is 7.35. The number of rotatable bonds is 5. The second kappa shape index (κ2) is 7.60. The molecule has 0 spiro atoms. The lowest BCUT2D eigenvalue weighted by molar-refractivity contribution is -0.131. The van der Waals surface area contributed by atoms with E-state index >= 15 is 0 Å². The highest BCUT2D eigenvalue weighted by molar-refractivity contribution is 7.13. The fraction of sp³-hybridized carbons (Fsp3) is 0.222. The molecule has 0 bridgehead atoms. The molecule has 0 fully saturated rings. The highest BCUT2D eigenvalue weighted by atomic mass is 35.5. The maximum Gasteiger partial charge on any atom is 0.228 e. The predicted molar refractivity (Wildman–Crippen MR) is 101 cm³/mol. The van der Waals surface area contributed by atoms with Gasteiger partial charge in [-0.1, -0.05) is 29.3 Å². The van der Waals surface area contributed by atoms with Crippen molar-refractivity contribution in [3.05, 3.63) is 63.3 Å². The van der Waals surface area contributed by atoms with E-state index in [1.807, 2.05) is 30.5 Å². The van der Waals surface area contributed by atoms with Crippen molar-refractivity contribution in [2.75, 3.05) is 7.05 Å². The topological polar surface area (TPSA) is 46.3 Å². The van der Waals surface area contributed by atoms with Gasteiger partial charge in [0.15, 0.2) is 10.8 Å². The van der Waals surface area contributed by atoms with Gasteiger partial charge in [-0.3, -0.25) is 4.79 Å². The first-order valence-electron chi connectivity index (χ1n) is 7.64. The van der Waals surface area contributed by atoms with E-state index in [1.54, 1.807) is 30.3 Å². The third-order valence-corrected chi connectivity index (χ3v) is 5.47. The van der Waals surface area contributed by atoms with Gasteiger partial charge < -0.3 is 9.32 Å². The number of carbonyl (C=O) groups excluding carboxylic acids is 1.